The van der Waals surface area contributed by atoms with Crippen LogP contribution >= 0.6 is 0 Å². The van der Waals surface area contributed by atoms with Gasteiger partial charge >= 0.3 is 0 Å². The Hall–Kier alpha value is 0.234. The van der Waals surface area contributed by atoms with Gasteiger partial charge in [-0.15, -0.1) is 0 Å². The van der Waals surface area contributed by atoms with Crippen LogP contribution in [0.2, 0.25) is 13.1 Å². The molecule has 0 amide bonds. The van der Waals surface area contributed by atoms with Gasteiger partial charge in [0.05, 0.1) is 8.59 Å². The van der Waals surface area contributed by atoms with Gasteiger partial charge in [-0.2, -0.15) is 0 Å². The minimum atomic E-state index is -0.187. The summed E-state index contributed by atoms with van der Waals surface area (Å²) in [5.41, 5.74) is 0. The molecule has 1 nitrogen and oxygen atoms in total. The van der Waals surface area contributed by atoms with Gasteiger partial charge < -0.3 is 4.30 Å². The molecule has 0 saturated carbocycles. The van der Waals surface area contributed by atoms with Crippen LogP contribution in [0.25, 0.3) is 0 Å². The van der Waals surface area contributed by atoms with Crippen molar-refractivity contribution in [3.8, 4) is 0 Å². The third kappa shape index (κ3) is 4.23. The van der Waals surface area contributed by atoms with Crippen LogP contribution in [0.5, 0.6) is 0 Å². The zero-order valence-corrected chi connectivity index (χ0v) is 6.95. The molecular formula is C2H9NSi2. The summed E-state index contributed by atoms with van der Waals surface area (Å²) < 4.78 is 4.13. The molecule has 0 fully saturated rings. The summed E-state index contributed by atoms with van der Waals surface area (Å²) in [7, 11) is 0.856. The quantitative estimate of drug-likeness (QED) is 0.376. The monoisotopic (exact) mass is 103 g/mol. The molecule has 0 aliphatic heterocycles. The van der Waals surface area contributed by atoms with Gasteiger partial charge in [-0.05, 0) is 13.1 Å². The minimum Gasteiger partial charge on any atom is -0.379 e. The van der Waals surface area contributed by atoms with E-state index in [1.54, 1.807) is 0 Å². The fourth-order valence-electron chi connectivity index (χ4n) is 0. The molecule has 0 bridgehead atoms. The molecule has 3 heteroatoms. The second-order valence-corrected chi connectivity index (χ2v) is 4.85. The first kappa shape index (κ1) is 5.23. The van der Waals surface area contributed by atoms with Crippen LogP contribution < -0.4 is 0 Å². The second-order valence-electron chi connectivity index (χ2n) is 1.17. The van der Waals surface area contributed by atoms with Gasteiger partial charge in [0.1, 0.15) is 10.4 Å². The Morgan fingerprint density at radius 2 is 1.80 bits per heavy atom. The maximum atomic E-state index is 4.13. The smallest absolute Gasteiger partial charge is 0.120 e. The largest absolute Gasteiger partial charge is 0.379 e. The number of hydrogen-bond acceptors (Lipinski definition) is 1. The Labute approximate surface area is 37.2 Å². The first-order valence-electron chi connectivity index (χ1n) is 1.67. The molecule has 0 saturated heterocycles. The van der Waals surface area contributed by atoms with Gasteiger partial charge in [0.15, 0.2) is 0 Å². The van der Waals surface area contributed by atoms with Crippen molar-refractivity contribution >= 4 is 19.0 Å². The van der Waals surface area contributed by atoms with Crippen molar-refractivity contribution < 1.29 is 0 Å². The van der Waals surface area contributed by atoms with Gasteiger partial charge in [-0.25, -0.2) is 0 Å². The average molecular weight is 103 g/mol. The van der Waals surface area contributed by atoms with Crippen molar-refractivity contribution in [2.45, 2.75) is 13.1 Å². The summed E-state index contributed by atoms with van der Waals surface area (Å²) in [6, 6.07) is 0. The van der Waals surface area contributed by atoms with E-state index >= 15 is 0 Å². The maximum absolute atomic E-state index is 4.13. The number of rotatable bonds is 0. The van der Waals surface area contributed by atoms with E-state index < -0.39 is 0 Å². The third-order valence-corrected chi connectivity index (χ3v) is 4.02. The topological polar surface area (TPSA) is 12.4 Å². The molecule has 0 spiro atoms. The molecule has 0 heterocycles. The highest BCUT2D eigenvalue weighted by molar-refractivity contribution is 6.47. The van der Waals surface area contributed by atoms with Crippen molar-refractivity contribution in [3.63, 3.8) is 0 Å². The lowest BCUT2D eigenvalue weighted by Gasteiger charge is -1.72. The lowest BCUT2D eigenvalue weighted by atomic mass is 11.9. The Balaban J connectivity index is 3.14. The Kier molecular flexibility index (Phi) is 2.59. The Bertz CT molecular complexity index is 45.6. The molecule has 0 aromatic heterocycles. The molecule has 5 heavy (non-hydrogen) atoms. The van der Waals surface area contributed by atoms with E-state index in [2.05, 4.69) is 17.4 Å². The first-order chi connectivity index (χ1) is 2.27. The predicted molar refractivity (Wildman–Crippen MR) is 29.8 cm³/mol. The van der Waals surface area contributed by atoms with E-state index in [1.165, 1.54) is 0 Å². The van der Waals surface area contributed by atoms with Crippen LogP contribution in [-0.4, -0.2) is 19.0 Å². The van der Waals surface area contributed by atoms with Crippen molar-refractivity contribution in [1.29, 1.82) is 0 Å². The van der Waals surface area contributed by atoms with Crippen molar-refractivity contribution in [3.05, 3.63) is 0 Å². The molecule has 0 aromatic carbocycles. The number of hydrogen-bond donors (Lipinski definition) is 0. The van der Waals surface area contributed by atoms with Crippen LogP contribution in [0.1, 0.15) is 0 Å². The Morgan fingerprint density at radius 3 is 1.80 bits per heavy atom. The van der Waals surface area contributed by atoms with E-state index in [1.807, 2.05) is 0 Å². The predicted octanol–water partition coefficient (Wildman–Crippen LogP) is -0.214. The van der Waals surface area contributed by atoms with Crippen LogP contribution in [-0.2, 0) is 0 Å². The van der Waals surface area contributed by atoms with Crippen molar-refractivity contribution in [1.82, 2.24) is 0 Å². The zero-order chi connectivity index (χ0) is 4.28. The summed E-state index contributed by atoms with van der Waals surface area (Å²) in [5.74, 6) is 0. The number of nitrogens with zero attached hydrogens (tertiary/aromatic N) is 1. The van der Waals surface area contributed by atoms with Gasteiger partial charge in [-0.3, -0.25) is 0 Å². The highest BCUT2D eigenvalue weighted by Gasteiger charge is 1.65. The van der Waals surface area contributed by atoms with Gasteiger partial charge in [0.2, 0.25) is 0 Å². The lowest BCUT2D eigenvalue weighted by Crippen LogP contribution is -1.78. The van der Waals surface area contributed by atoms with Crippen LogP contribution in [0.4, 0.5) is 0 Å². The van der Waals surface area contributed by atoms with Crippen molar-refractivity contribution in [2.75, 3.05) is 0 Å². The highest BCUT2D eigenvalue weighted by atomic mass is 28.3. The summed E-state index contributed by atoms with van der Waals surface area (Å²) in [5, 5.41) is 0. The molecule has 0 unspecified atom stereocenters. The SMILES string of the molecule is C[Si](C)=N[SiH3]. The second kappa shape index (κ2) is 2.47. The molecule has 0 atom stereocenters. The molecule has 0 radical (unpaired) electrons. The molecule has 0 aliphatic carbocycles. The summed E-state index contributed by atoms with van der Waals surface area (Å²) in [6.07, 6.45) is 0. The van der Waals surface area contributed by atoms with E-state index in [9.17, 15) is 0 Å². The van der Waals surface area contributed by atoms with Gasteiger partial charge in [-0.1, -0.05) is 0 Å². The van der Waals surface area contributed by atoms with E-state index in [4.69, 9.17) is 0 Å². The molecule has 30 valence electrons. The standard InChI is InChI=1S/C2H9NSi2/c1-5(2)3-4/h1-2,4H3. The summed E-state index contributed by atoms with van der Waals surface area (Å²) in [4.78, 5) is 0. The van der Waals surface area contributed by atoms with Gasteiger partial charge in [0.25, 0.3) is 0 Å². The van der Waals surface area contributed by atoms with Gasteiger partial charge in [0, 0.05) is 0 Å². The summed E-state index contributed by atoms with van der Waals surface area (Å²) in [6.45, 7) is 4.38. The lowest BCUT2D eigenvalue weighted by molar-refractivity contribution is 1.85. The highest BCUT2D eigenvalue weighted by Crippen LogP contribution is 1.61. The normalized spacial score (nSPS) is 7.60. The maximum Gasteiger partial charge on any atom is 0.120 e. The van der Waals surface area contributed by atoms with Crippen LogP contribution in [0.3, 0.4) is 0 Å². The average Bonchev–Trinajstić information content (AvgIpc) is 1.38. The summed E-state index contributed by atoms with van der Waals surface area (Å²) >= 11 is 0. The fourth-order valence-corrected chi connectivity index (χ4v) is 0. The molecule has 0 rings (SSSR count). The van der Waals surface area contributed by atoms with Crippen molar-refractivity contribution in [2.24, 2.45) is 4.30 Å². The zero-order valence-electron chi connectivity index (χ0n) is 3.95. The van der Waals surface area contributed by atoms with E-state index in [0.29, 0.717) is 0 Å². The van der Waals surface area contributed by atoms with Crippen LogP contribution in [0, 0.1) is 0 Å². The molecular weight excluding hydrogens is 94.2 g/mol. The van der Waals surface area contributed by atoms with Crippen LogP contribution in [0.15, 0.2) is 4.30 Å². The third-order valence-electron chi connectivity index (χ3n) is 0.447. The molecule has 0 aromatic rings. The molecule has 0 aliphatic rings. The molecule has 0 N–H and O–H groups in total. The fraction of sp³-hybridized carbons (Fsp3) is 1.00. The Morgan fingerprint density at radius 1 is 1.60 bits per heavy atom. The van der Waals surface area contributed by atoms with E-state index in [-0.39, 0.29) is 8.59 Å². The van der Waals surface area contributed by atoms with E-state index in [0.717, 1.165) is 10.4 Å². The first-order valence-corrected chi connectivity index (χ1v) is 5.01. The minimum absolute atomic E-state index is 0.187.